The lowest BCUT2D eigenvalue weighted by molar-refractivity contribution is -0.122. The maximum absolute atomic E-state index is 12.1. The van der Waals surface area contributed by atoms with Crippen LogP contribution in [0.1, 0.15) is 66.2 Å². The Morgan fingerprint density at radius 3 is 2.36 bits per heavy atom. The topological polar surface area (TPSA) is 135 Å². The first-order valence-corrected chi connectivity index (χ1v) is 12.9. The van der Waals surface area contributed by atoms with Gasteiger partial charge >= 0.3 is 6.09 Å². The van der Waals surface area contributed by atoms with Crippen LogP contribution in [0.5, 0.6) is 0 Å². The molecule has 0 aliphatic carbocycles. The van der Waals surface area contributed by atoms with Crippen molar-refractivity contribution in [1.82, 2.24) is 10.6 Å². The molecule has 1 aromatic carbocycles. The largest absolute Gasteiger partial charge is 0.444 e. The molecule has 0 heterocycles. The number of amides is 3. The minimum atomic E-state index is -0.518. The van der Waals surface area contributed by atoms with E-state index in [1.807, 2.05) is 27.7 Å². The van der Waals surface area contributed by atoms with Gasteiger partial charge < -0.3 is 26.4 Å². The van der Waals surface area contributed by atoms with E-state index in [-0.39, 0.29) is 30.0 Å². The first-order chi connectivity index (χ1) is 16.9. The highest BCUT2D eigenvalue weighted by Gasteiger charge is 2.15. The van der Waals surface area contributed by atoms with E-state index in [0.29, 0.717) is 42.5 Å². The fourth-order valence-corrected chi connectivity index (χ4v) is 3.24. The van der Waals surface area contributed by atoms with Crippen LogP contribution in [0.2, 0.25) is 10.0 Å². The van der Waals surface area contributed by atoms with E-state index in [9.17, 15) is 14.4 Å². The molecule has 3 amide bonds. The summed E-state index contributed by atoms with van der Waals surface area (Å²) in [5.41, 5.74) is 6.24. The molecule has 5 N–H and O–H groups in total. The second kappa shape index (κ2) is 16.3. The van der Waals surface area contributed by atoms with E-state index in [1.54, 1.807) is 18.2 Å². The highest BCUT2D eigenvalue weighted by atomic mass is 35.5. The summed E-state index contributed by atoms with van der Waals surface area (Å²) in [5.74, 6) is -0.298. The molecule has 0 saturated carbocycles. The monoisotopic (exact) mass is 543 g/mol. The fourth-order valence-electron chi connectivity index (χ4n) is 2.94. The quantitative estimate of drug-likeness (QED) is 0.149. The van der Waals surface area contributed by atoms with Crippen LogP contribution in [-0.2, 0) is 14.3 Å². The number of unbranched alkanes of at least 4 members (excludes halogenated alkanes) is 2. The van der Waals surface area contributed by atoms with Crippen molar-refractivity contribution in [2.45, 2.75) is 71.8 Å². The number of nitrogens with one attached hydrogen (secondary N) is 3. The van der Waals surface area contributed by atoms with Gasteiger partial charge in [0.05, 0.1) is 10.0 Å². The molecule has 1 atom stereocenters. The number of carbonyl (C=O) groups is 3. The third-order valence-corrected chi connectivity index (χ3v) is 5.67. The van der Waals surface area contributed by atoms with Gasteiger partial charge in [0, 0.05) is 44.1 Å². The molecule has 9 nitrogen and oxygen atoms in total. The Balaban J connectivity index is 2.14. The van der Waals surface area contributed by atoms with Crippen LogP contribution in [0.15, 0.2) is 23.2 Å². The molecule has 11 heteroatoms. The van der Waals surface area contributed by atoms with E-state index in [0.717, 1.165) is 24.9 Å². The number of rotatable bonds is 14. The molecule has 36 heavy (non-hydrogen) atoms. The molecule has 0 aromatic heterocycles. The summed E-state index contributed by atoms with van der Waals surface area (Å²) in [7, 11) is 0. The van der Waals surface area contributed by atoms with Crippen molar-refractivity contribution in [2.24, 2.45) is 16.6 Å². The van der Waals surface area contributed by atoms with Gasteiger partial charge in [-0.05, 0) is 58.2 Å². The van der Waals surface area contributed by atoms with Crippen LogP contribution in [0.3, 0.4) is 0 Å². The zero-order valence-electron chi connectivity index (χ0n) is 21.6. The molecule has 1 aromatic rings. The summed E-state index contributed by atoms with van der Waals surface area (Å²) in [6.07, 6.45) is 2.94. The maximum atomic E-state index is 12.1. The van der Waals surface area contributed by atoms with Crippen molar-refractivity contribution >= 4 is 52.6 Å². The average Bonchev–Trinajstić information content (AvgIpc) is 2.78. The highest BCUT2D eigenvalue weighted by molar-refractivity contribution is 6.42. The Morgan fingerprint density at radius 2 is 1.69 bits per heavy atom. The predicted octanol–water partition coefficient (Wildman–Crippen LogP) is 4.91. The van der Waals surface area contributed by atoms with Crippen LogP contribution >= 0.6 is 23.2 Å². The Labute approximate surface area is 223 Å². The lowest BCUT2D eigenvalue weighted by atomic mass is 10.1. The zero-order valence-corrected chi connectivity index (χ0v) is 23.1. The number of halogens is 2. The third kappa shape index (κ3) is 14.8. The van der Waals surface area contributed by atoms with Crippen LogP contribution in [0, 0.1) is 5.92 Å². The van der Waals surface area contributed by atoms with Gasteiger partial charge in [0.1, 0.15) is 11.4 Å². The van der Waals surface area contributed by atoms with Gasteiger partial charge in [-0.15, -0.1) is 0 Å². The van der Waals surface area contributed by atoms with E-state index in [1.165, 1.54) is 0 Å². The Morgan fingerprint density at radius 1 is 1.00 bits per heavy atom. The van der Waals surface area contributed by atoms with Crippen LogP contribution < -0.4 is 21.7 Å². The second-order valence-electron chi connectivity index (χ2n) is 9.53. The lowest BCUT2D eigenvalue weighted by Crippen LogP contribution is -2.33. The predicted molar refractivity (Wildman–Crippen MR) is 146 cm³/mol. The van der Waals surface area contributed by atoms with Gasteiger partial charge in [-0.3, -0.25) is 9.59 Å². The number of hydrogen-bond acceptors (Lipinski definition) is 5. The molecule has 1 unspecified atom stereocenters. The molecule has 0 bridgehead atoms. The van der Waals surface area contributed by atoms with Crippen molar-refractivity contribution in [3.05, 3.63) is 28.2 Å². The minimum absolute atomic E-state index is 0.0624. The van der Waals surface area contributed by atoms with Crippen molar-refractivity contribution in [1.29, 1.82) is 0 Å². The first kappa shape index (κ1) is 31.5. The van der Waals surface area contributed by atoms with E-state index in [2.05, 4.69) is 20.9 Å². The Hall–Kier alpha value is -2.52. The number of hydrogen-bond donors (Lipinski definition) is 4. The summed E-state index contributed by atoms with van der Waals surface area (Å²) in [6.45, 7) is 8.68. The second-order valence-corrected chi connectivity index (χ2v) is 10.3. The molecule has 0 aliphatic rings. The van der Waals surface area contributed by atoms with Crippen LogP contribution in [0.25, 0.3) is 0 Å². The van der Waals surface area contributed by atoms with Gasteiger partial charge in [0.15, 0.2) is 0 Å². The van der Waals surface area contributed by atoms with Crippen molar-refractivity contribution in [2.75, 3.05) is 25.0 Å². The number of nitrogens with zero attached hydrogens (tertiary/aromatic N) is 1. The Bertz CT molecular complexity index is 903. The Kier molecular flexibility index (Phi) is 14.2. The summed E-state index contributed by atoms with van der Waals surface area (Å²) >= 11 is 11.9. The average molecular weight is 545 g/mol. The fraction of sp³-hybridized carbons (Fsp3) is 0.600. The number of carbonyl (C=O) groups excluding carboxylic acids is 3. The molecular weight excluding hydrogens is 505 g/mol. The minimum Gasteiger partial charge on any atom is -0.444 e. The number of anilines is 1. The highest BCUT2D eigenvalue weighted by Crippen LogP contribution is 2.25. The summed E-state index contributed by atoms with van der Waals surface area (Å²) in [5, 5.41) is 9.61. The SMILES string of the molecule is CC(CNc1ccc(Cl)c(Cl)c1)C(N)=NC(=O)CCCNC(=O)CCCCCNC(=O)OC(C)(C)C. The number of benzene rings is 1. The van der Waals surface area contributed by atoms with Crippen molar-refractivity contribution in [3.63, 3.8) is 0 Å². The van der Waals surface area contributed by atoms with E-state index in [4.69, 9.17) is 33.7 Å². The number of nitrogens with two attached hydrogens (primary N) is 1. The zero-order chi connectivity index (χ0) is 27.1. The molecule has 0 saturated heterocycles. The number of alkyl carbamates (subject to hydrolysis) is 1. The molecule has 0 spiro atoms. The first-order valence-electron chi connectivity index (χ1n) is 12.2. The molecular formula is C25H39Cl2N5O4. The number of amidine groups is 1. The van der Waals surface area contributed by atoms with Gasteiger partial charge in [-0.25, -0.2) is 9.79 Å². The van der Waals surface area contributed by atoms with Gasteiger partial charge in [-0.2, -0.15) is 0 Å². The molecule has 0 radical (unpaired) electrons. The maximum Gasteiger partial charge on any atom is 0.407 e. The molecule has 1 rings (SSSR count). The molecule has 0 fully saturated rings. The van der Waals surface area contributed by atoms with Crippen LogP contribution in [0.4, 0.5) is 10.5 Å². The van der Waals surface area contributed by atoms with Gasteiger partial charge in [0.25, 0.3) is 0 Å². The lowest BCUT2D eigenvalue weighted by Gasteiger charge is -2.19. The standard InChI is InChI=1S/C25H39Cl2N5O4/c1-17(16-31-18-11-12-19(26)20(27)15-18)23(28)32-22(34)10-8-14-29-21(33)9-6-5-7-13-30-24(35)36-25(2,3)4/h11-12,15,17,31H,5-10,13-14,16H2,1-4H3,(H,29,33)(H,30,35)(H2,28,32,34). The third-order valence-electron chi connectivity index (χ3n) is 4.93. The number of aliphatic imine (C=N–C) groups is 1. The van der Waals surface area contributed by atoms with E-state index < -0.39 is 11.7 Å². The summed E-state index contributed by atoms with van der Waals surface area (Å²) < 4.78 is 5.16. The van der Waals surface area contributed by atoms with Gasteiger partial charge in [0.2, 0.25) is 11.8 Å². The van der Waals surface area contributed by atoms with Crippen molar-refractivity contribution < 1.29 is 19.1 Å². The normalized spacial score (nSPS) is 12.6. The van der Waals surface area contributed by atoms with E-state index >= 15 is 0 Å². The number of ether oxygens (including phenoxy) is 1. The van der Waals surface area contributed by atoms with Crippen LogP contribution in [-0.4, -0.2) is 49.0 Å². The summed E-state index contributed by atoms with van der Waals surface area (Å²) in [4.78, 5) is 39.5. The van der Waals surface area contributed by atoms with Crippen molar-refractivity contribution in [3.8, 4) is 0 Å². The molecule has 0 aliphatic heterocycles. The smallest absolute Gasteiger partial charge is 0.407 e. The van der Waals surface area contributed by atoms with Gasteiger partial charge in [-0.1, -0.05) is 36.5 Å². The summed E-state index contributed by atoms with van der Waals surface area (Å²) in [6, 6.07) is 5.22. The molecule has 202 valence electrons.